The van der Waals surface area contributed by atoms with Crippen molar-refractivity contribution in [2.75, 3.05) is 26.0 Å². The second-order valence-corrected chi connectivity index (χ2v) is 7.31. The van der Waals surface area contributed by atoms with Gasteiger partial charge in [-0.15, -0.1) is 35.7 Å². The molecule has 0 amide bonds. The number of nitrogens with zero attached hydrogens (tertiary/aromatic N) is 1. The van der Waals surface area contributed by atoms with Crippen molar-refractivity contribution in [2.45, 2.75) is 45.1 Å². The number of rotatable bonds is 10. The number of nitrogens with one attached hydrogen (secondary N) is 2. The zero-order valence-corrected chi connectivity index (χ0v) is 19.1. The fourth-order valence-electron chi connectivity index (χ4n) is 2.64. The maximum Gasteiger partial charge on any atom is 0.191 e. The molecule has 25 heavy (non-hydrogen) atoms. The zero-order chi connectivity index (χ0) is 17.8. The number of aliphatic hydroxyl groups is 1. The maximum absolute atomic E-state index is 9.24. The summed E-state index contributed by atoms with van der Waals surface area (Å²) < 4.78 is 0. The van der Waals surface area contributed by atoms with E-state index in [-0.39, 0.29) is 30.6 Å². The molecular weight excluding hydrogens is 445 g/mol. The molecule has 1 aromatic carbocycles. The van der Waals surface area contributed by atoms with E-state index < -0.39 is 0 Å². The Kier molecular flexibility index (Phi) is 14.4. The lowest BCUT2D eigenvalue weighted by atomic mass is 9.94. The summed E-state index contributed by atoms with van der Waals surface area (Å²) in [5, 5.41) is 16.0. The molecule has 1 rings (SSSR count). The zero-order valence-electron chi connectivity index (χ0n) is 15.9. The van der Waals surface area contributed by atoms with Crippen LogP contribution in [0.2, 0.25) is 0 Å². The van der Waals surface area contributed by atoms with Crippen molar-refractivity contribution in [3.05, 3.63) is 29.8 Å². The summed E-state index contributed by atoms with van der Waals surface area (Å²) in [6, 6.07) is 8.53. The van der Waals surface area contributed by atoms with E-state index in [0.717, 1.165) is 31.9 Å². The summed E-state index contributed by atoms with van der Waals surface area (Å²) in [5.41, 5.74) is 1.21. The van der Waals surface area contributed by atoms with Crippen molar-refractivity contribution in [1.82, 2.24) is 10.6 Å². The first-order valence-electron chi connectivity index (χ1n) is 8.85. The molecule has 144 valence electrons. The first-order chi connectivity index (χ1) is 11.6. The first-order valence-corrected chi connectivity index (χ1v) is 10.1. The normalized spacial score (nSPS) is 12.6. The van der Waals surface area contributed by atoms with Crippen LogP contribution in [0.3, 0.4) is 0 Å². The van der Waals surface area contributed by atoms with Crippen LogP contribution in [-0.2, 0) is 6.54 Å². The summed E-state index contributed by atoms with van der Waals surface area (Å²) in [6.45, 7) is 9.11. The fraction of sp³-hybridized carbons (Fsp3) is 0.632. The van der Waals surface area contributed by atoms with E-state index in [1.807, 2.05) is 0 Å². The van der Waals surface area contributed by atoms with Crippen molar-refractivity contribution in [2.24, 2.45) is 16.8 Å². The molecule has 6 heteroatoms. The number of guanidine groups is 1. The number of aliphatic imine (C=N–C) groups is 1. The van der Waals surface area contributed by atoms with Gasteiger partial charge in [-0.25, -0.2) is 4.99 Å². The van der Waals surface area contributed by atoms with Crippen molar-refractivity contribution in [3.8, 4) is 0 Å². The van der Waals surface area contributed by atoms with Gasteiger partial charge in [0.1, 0.15) is 0 Å². The molecule has 0 heterocycles. The van der Waals surface area contributed by atoms with Gasteiger partial charge in [0.15, 0.2) is 5.96 Å². The molecule has 0 aliphatic rings. The van der Waals surface area contributed by atoms with Crippen LogP contribution in [0.25, 0.3) is 0 Å². The van der Waals surface area contributed by atoms with Crippen molar-refractivity contribution in [3.63, 3.8) is 0 Å². The van der Waals surface area contributed by atoms with Gasteiger partial charge in [0, 0.05) is 24.6 Å². The van der Waals surface area contributed by atoms with Crippen molar-refractivity contribution < 1.29 is 5.11 Å². The Morgan fingerprint density at radius 3 is 2.40 bits per heavy atom. The third-order valence-corrected chi connectivity index (χ3v) is 4.57. The monoisotopic (exact) mass is 479 g/mol. The van der Waals surface area contributed by atoms with Crippen LogP contribution in [-0.4, -0.2) is 37.0 Å². The van der Waals surface area contributed by atoms with E-state index >= 15 is 0 Å². The Bertz CT molecular complexity index is 480. The topological polar surface area (TPSA) is 56.7 Å². The highest BCUT2D eigenvalue weighted by Crippen LogP contribution is 2.16. The molecular formula is C19H34IN3OS. The SMILES string of the molecule is CCNC(=NCc1ccc(SC)cc1)NCC(CCO)CC(C)C.I. The van der Waals surface area contributed by atoms with E-state index in [9.17, 15) is 5.11 Å². The first kappa shape index (κ1) is 24.5. The lowest BCUT2D eigenvalue weighted by Gasteiger charge is -2.20. The maximum atomic E-state index is 9.24. The average molecular weight is 479 g/mol. The molecule has 0 saturated heterocycles. The van der Waals surface area contributed by atoms with Crippen LogP contribution in [0.15, 0.2) is 34.2 Å². The van der Waals surface area contributed by atoms with E-state index in [1.165, 1.54) is 10.5 Å². The number of thioether (sulfide) groups is 1. The summed E-state index contributed by atoms with van der Waals surface area (Å²) in [7, 11) is 0. The van der Waals surface area contributed by atoms with Crippen LogP contribution >= 0.6 is 35.7 Å². The molecule has 0 bridgehead atoms. The Balaban J connectivity index is 0.00000576. The predicted octanol–water partition coefficient (Wildman–Crippen LogP) is 4.13. The van der Waals surface area contributed by atoms with Gasteiger partial charge in [-0.2, -0.15) is 0 Å². The van der Waals surface area contributed by atoms with E-state index in [2.05, 4.69) is 66.9 Å². The van der Waals surface area contributed by atoms with E-state index in [4.69, 9.17) is 0 Å². The molecule has 0 aromatic heterocycles. The van der Waals surface area contributed by atoms with Crippen LogP contribution < -0.4 is 10.6 Å². The lowest BCUT2D eigenvalue weighted by Crippen LogP contribution is -2.40. The Hall–Kier alpha value is -0.470. The molecule has 4 nitrogen and oxygen atoms in total. The molecule has 0 fully saturated rings. The van der Waals surface area contributed by atoms with Crippen LogP contribution in [0.1, 0.15) is 39.2 Å². The Labute approximate surface area is 174 Å². The lowest BCUT2D eigenvalue weighted by molar-refractivity contribution is 0.243. The third-order valence-electron chi connectivity index (χ3n) is 3.82. The highest BCUT2D eigenvalue weighted by Gasteiger charge is 2.11. The molecule has 1 unspecified atom stereocenters. The average Bonchev–Trinajstić information content (AvgIpc) is 2.57. The summed E-state index contributed by atoms with van der Waals surface area (Å²) >= 11 is 1.75. The predicted molar refractivity (Wildman–Crippen MR) is 121 cm³/mol. The van der Waals surface area contributed by atoms with Crippen LogP contribution in [0, 0.1) is 11.8 Å². The second-order valence-electron chi connectivity index (χ2n) is 6.43. The molecule has 1 atom stereocenters. The van der Waals surface area contributed by atoms with Gasteiger partial charge in [0.2, 0.25) is 0 Å². The highest BCUT2D eigenvalue weighted by molar-refractivity contribution is 14.0. The van der Waals surface area contributed by atoms with Gasteiger partial charge < -0.3 is 15.7 Å². The Morgan fingerprint density at radius 1 is 1.20 bits per heavy atom. The summed E-state index contributed by atoms with van der Waals surface area (Å²) in [5.74, 6) is 1.95. The van der Waals surface area contributed by atoms with E-state index in [0.29, 0.717) is 18.4 Å². The quantitative estimate of drug-likeness (QED) is 0.205. The molecule has 0 saturated carbocycles. The largest absolute Gasteiger partial charge is 0.396 e. The molecule has 0 radical (unpaired) electrons. The number of hydrogen-bond donors (Lipinski definition) is 3. The van der Waals surface area contributed by atoms with Gasteiger partial charge >= 0.3 is 0 Å². The van der Waals surface area contributed by atoms with Gasteiger partial charge in [0.05, 0.1) is 6.54 Å². The van der Waals surface area contributed by atoms with Crippen molar-refractivity contribution in [1.29, 1.82) is 0 Å². The highest BCUT2D eigenvalue weighted by atomic mass is 127. The third kappa shape index (κ3) is 11.0. The molecule has 0 aliphatic carbocycles. The minimum atomic E-state index is 0. The smallest absolute Gasteiger partial charge is 0.191 e. The van der Waals surface area contributed by atoms with Crippen LogP contribution in [0.5, 0.6) is 0 Å². The van der Waals surface area contributed by atoms with Gasteiger partial charge in [-0.05, 0) is 55.6 Å². The molecule has 0 aliphatic heterocycles. The second kappa shape index (κ2) is 14.7. The van der Waals surface area contributed by atoms with Gasteiger partial charge in [-0.1, -0.05) is 26.0 Å². The Morgan fingerprint density at radius 2 is 1.88 bits per heavy atom. The fourth-order valence-corrected chi connectivity index (χ4v) is 3.04. The standard InChI is InChI=1S/C19H33N3OS.HI/c1-5-20-19(22-14-17(10-11-23)12-15(2)3)21-13-16-6-8-18(24-4)9-7-16;/h6-9,15,17,23H,5,10-14H2,1-4H3,(H2,20,21,22);1H. The van der Waals surface area contributed by atoms with Gasteiger partial charge in [-0.3, -0.25) is 0 Å². The molecule has 1 aromatic rings. The number of hydrogen-bond acceptors (Lipinski definition) is 3. The number of benzene rings is 1. The molecule has 0 spiro atoms. The minimum Gasteiger partial charge on any atom is -0.396 e. The van der Waals surface area contributed by atoms with Crippen molar-refractivity contribution >= 4 is 41.7 Å². The summed E-state index contributed by atoms with van der Waals surface area (Å²) in [4.78, 5) is 5.95. The number of aliphatic hydroxyl groups excluding tert-OH is 1. The van der Waals surface area contributed by atoms with Gasteiger partial charge in [0.25, 0.3) is 0 Å². The molecule has 3 N–H and O–H groups in total. The van der Waals surface area contributed by atoms with E-state index in [1.54, 1.807) is 11.8 Å². The minimum absolute atomic E-state index is 0. The summed E-state index contributed by atoms with van der Waals surface area (Å²) in [6.07, 6.45) is 4.03. The number of halogens is 1. The van der Waals surface area contributed by atoms with Crippen LogP contribution in [0.4, 0.5) is 0 Å².